The summed E-state index contributed by atoms with van der Waals surface area (Å²) >= 11 is 0. The molecule has 1 spiro atoms. The van der Waals surface area contributed by atoms with Crippen molar-refractivity contribution in [3.63, 3.8) is 0 Å². The van der Waals surface area contributed by atoms with Crippen LogP contribution in [-0.4, -0.2) is 58.6 Å². The second-order valence-electron chi connectivity index (χ2n) is 8.73. The Morgan fingerprint density at radius 2 is 1.88 bits per heavy atom. The van der Waals surface area contributed by atoms with Crippen LogP contribution in [0.1, 0.15) is 35.2 Å². The number of carbonyl (C=O) groups is 2. The third-order valence-electron chi connectivity index (χ3n) is 6.62. The molecule has 0 radical (unpaired) electrons. The van der Waals surface area contributed by atoms with Crippen molar-refractivity contribution in [2.75, 3.05) is 26.2 Å². The normalized spacial score (nSPS) is 21.1. The van der Waals surface area contributed by atoms with E-state index in [1.807, 2.05) is 58.3 Å². The van der Waals surface area contributed by atoms with E-state index in [2.05, 4.69) is 17.1 Å². The Morgan fingerprint density at radius 3 is 2.75 bits per heavy atom. The van der Waals surface area contributed by atoms with Gasteiger partial charge in [-0.3, -0.25) is 9.78 Å². The van der Waals surface area contributed by atoms with Crippen LogP contribution in [0.5, 0.6) is 0 Å². The van der Waals surface area contributed by atoms with Gasteiger partial charge in [0.2, 0.25) is 0 Å². The standard InChI is InChI=1S/C26H27N3O3/c30-24(22-9-4-11-23-21(22)10-5-15-27-23)28-16-6-13-26(14-18-28)19-29(25(31)32-26)17-12-20-7-2-1-3-8-20/h1-5,7-11,15H,6,12-14,16-19H2/t26-/m1/s1. The van der Waals surface area contributed by atoms with Crippen LogP contribution in [0.4, 0.5) is 4.79 Å². The molecule has 0 aliphatic carbocycles. The predicted molar refractivity (Wildman–Crippen MR) is 122 cm³/mol. The quantitative estimate of drug-likeness (QED) is 0.621. The summed E-state index contributed by atoms with van der Waals surface area (Å²) in [5.74, 6) is 0.0194. The smallest absolute Gasteiger partial charge is 0.410 e. The van der Waals surface area contributed by atoms with Crippen molar-refractivity contribution >= 4 is 22.9 Å². The lowest BCUT2D eigenvalue weighted by Crippen LogP contribution is -2.37. The number of rotatable bonds is 4. The van der Waals surface area contributed by atoms with Crippen LogP contribution >= 0.6 is 0 Å². The van der Waals surface area contributed by atoms with E-state index in [0.29, 0.717) is 38.2 Å². The molecule has 0 bridgehead atoms. The van der Waals surface area contributed by atoms with Crippen LogP contribution < -0.4 is 0 Å². The maximum absolute atomic E-state index is 13.3. The molecule has 0 N–H and O–H groups in total. The Bertz CT molecular complexity index is 1130. The highest BCUT2D eigenvalue weighted by Gasteiger charge is 2.46. The topological polar surface area (TPSA) is 62.7 Å². The number of hydrogen-bond acceptors (Lipinski definition) is 4. The first-order valence-corrected chi connectivity index (χ1v) is 11.3. The molecule has 2 aromatic carbocycles. The number of ether oxygens (including phenoxy) is 1. The lowest BCUT2D eigenvalue weighted by Gasteiger charge is -2.26. The van der Waals surface area contributed by atoms with Crippen LogP contribution in [0.15, 0.2) is 66.9 Å². The highest BCUT2D eigenvalue weighted by Crippen LogP contribution is 2.34. The average molecular weight is 430 g/mol. The molecular formula is C26H27N3O3. The van der Waals surface area contributed by atoms with E-state index in [4.69, 9.17) is 4.74 Å². The third kappa shape index (κ3) is 4.05. The zero-order valence-corrected chi connectivity index (χ0v) is 18.1. The predicted octanol–water partition coefficient (Wildman–Crippen LogP) is 4.29. The minimum Gasteiger partial charge on any atom is -0.441 e. The van der Waals surface area contributed by atoms with E-state index >= 15 is 0 Å². The number of nitrogens with zero attached hydrogens (tertiary/aromatic N) is 3. The van der Waals surface area contributed by atoms with Crippen LogP contribution in [0.3, 0.4) is 0 Å². The van der Waals surface area contributed by atoms with E-state index in [0.717, 1.165) is 30.2 Å². The van der Waals surface area contributed by atoms with E-state index in [1.165, 1.54) is 5.56 Å². The Kier molecular flexibility index (Phi) is 5.52. The fourth-order valence-electron chi connectivity index (χ4n) is 4.86. The zero-order valence-electron chi connectivity index (χ0n) is 18.1. The van der Waals surface area contributed by atoms with Crippen LogP contribution in [0.2, 0.25) is 0 Å². The Hall–Kier alpha value is -3.41. The van der Waals surface area contributed by atoms with Crippen molar-refractivity contribution in [2.24, 2.45) is 0 Å². The fourth-order valence-corrected chi connectivity index (χ4v) is 4.86. The summed E-state index contributed by atoms with van der Waals surface area (Å²) in [6, 6.07) is 19.7. The van der Waals surface area contributed by atoms with Gasteiger partial charge in [0.15, 0.2) is 0 Å². The van der Waals surface area contributed by atoms with E-state index < -0.39 is 5.60 Å². The van der Waals surface area contributed by atoms with Gasteiger partial charge in [0.05, 0.1) is 12.1 Å². The molecule has 3 heterocycles. The monoisotopic (exact) mass is 429 g/mol. The summed E-state index contributed by atoms with van der Waals surface area (Å²) in [5.41, 5.74) is 2.22. The van der Waals surface area contributed by atoms with Gasteiger partial charge in [-0.25, -0.2) is 4.79 Å². The first-order chi connectivity index (χ1) is 15.6. The van der Waals surface area contributed by atoms with Gasteiger partial charge in [0.1, 0.15) is 5.60 Å². The molecule has 2 saturated heterocycles. The van der Waals surface area contributed by atoms with Gasteiger partial charge in [-0.2, -0.15) is 0 Å². The van der Waals surface area contributed by atoms with Crippen molar-refractivity contribution in [1.29, 1.82) is 0 Å². The number of hydrogen-bond donors (Lipinski definition) is 0. The number of fused-ring (bicyclic) bond motifs is 1. The maximum Gasteiger partial charge on any atom is 0.410 e. The number of amides is 2. The second-order valence-corrected chi connectivity index (χ2v) is 8.73. The summed E-state index contributed by atoms with van der Waals surface area (Å²) in [5, 5.41) is 0.873. The van der Waals surface area contributed by atoms with E-state index in [-0.39, 0.29) is 12.0 Å². The number of aromatic nitrogens is 1. The highest BCUT2D eigenvalue weighted by molar-refractivity contribution is 6.06. The van der Waals surface area contributed by atoms with Gasteiger partial charge in [-0.15, -0.1) is 0 Å². The minimum atomic E-state index is -0.497. The second kappa shape index (κ2) is 8.61. The summed E-state index contributed by atoms with van der Waals surface area (Å²) in [4.78, 5) is 34.0. The Labute approximate surface area is 187 Å². The lowest BCUT2D eigenvalue weighted by molar-refractivity contribution is 0.0439. The van der Waals surface area contributed by atoms with Gasteiger partial charge in [-0.05, 0) is 43.0 Å². The van der Waals surface area contributed by atoms with Crippen molar-refractivity contribution < 1.29 is 14.3 Å². The molecular weight excluding hydrogens is 402 g/mol. The minimum absolute atomic E-state index is 0.0194. The molecule has 1 atom stereocenters. The highest BCUT2D eigenvalue weighted by atomic mass is 16.6. The van der Waals surface area contributed by atoms with Gasteiger partial charge in [0, 0.05) is 43.2 Å². The summed E-state index contributed by atoms with van der Waals surface area (Å²) < 4.78 is 5.91. The average Bonchev–Trinajstić information content (AvgIpc) is 3.00. The molecule has 2 fully saturated rings. The van der Waals surface area contributed by atoms with Crippen molar-refractivity contribution in [3.05, 3.63) is 78.0 Å². The van der Waals surface area contributed by atoms with Gasteiger partial charge >= 0.3 is 6.09 Å². The zero-order chi connectivity index (χ0) is 22.0. The van der Waals surface area contributed by atoms with Gasteiger partial charge in [-0.1, -0.05) is 42.5 Å². The van der Waals surface area contributed by atoms with E-state index in [9.17, 15) is 9.59 Å². The van der Waals surface area contributed by atoms with Gasteiger partial charge in [0.25, 0.3) is 5.91 Å². The number of benzene rings is 2. The third-order valence-corrected chi connectivity index (χ3v) is 6.62. The van der Waals surface area contributed by atoms with Crippen molar-refractivity contribution in [1.82, 2.24) is 14.8 Å². The van der Waals surface area contributed by atoms with Crippen molar-refractivity contribution in [3.8, 4) is 0 Å². The Morgan fingerprint density at radius 1 is 1.00 bits per heavy atom. The number of likely N-dealkylation sites (tertiary alicyclic amines) is 1. The van der Waals surface area contributed by atoms with E-state index in [1.54, 1.807) is 6.20 Å². The molecule has 0 saturated carbocycles. The molecule has 164 valence electrons. The molecule has 0 unspecified atom stereocenters. The molecule has 32 heavy (non-hydrogen) atoms. The van der Waals surface area contributed by atoms with Gasteiger partial charge < -0.3 is 14.5 Å². The van der Waals surface area contributed by atoms with Crippen molar-refractivity contribution in [2.45, 2.75) is 31.3 Å². The molecule has 2 aliphatic heterocycles. The first-order valence-electron chi connectivity index (χ1n) is 11.3. The molecule has 3 aromatic rings. The fraction of sp³-hybridized carbons (Fsp3) is 0.346. The van der Waals surface area contributed by atoms with Crippen LogP contribution in [0.25, 0.3) is 10.9 Å². The summed E-state index contributed by atoms with van der Waals surface area (Å²) in [7, 11) is 0. The number of pyridine rings is 1. The largest absolute Gasteiger partial charge is 0.441 e. The summed E-state index contributed by atoms with van der Waals surface area (Å²) in [6.45, 7) is 2.49. The molecule has 2 aliphatic rings. The molecule has 1 aromatic heterocycles. The van der Waals surface area contributed by atoms with Crippen LogP contribution in [-0.2, 0) is 11.2 Å². The SMILES string of the molecule is O=C1O[C@@]2(CCCN(C(=O)c3cccc4ncccc34)CC2)CN1CCc1ccccc1. The maximum atomic E-state index is 13.3. The molecule has 2 amide bonds. The molecule has 5 rings (SSSR count). The lowest BCUT2D eigenvalue weighted by atomic mass is 9.95. The Balaban J connectivity index is 1.26. The van der Waals surface area contributed by atoms with Crippen LogP contribution in [0, 0.1) is 0 Å². The molecule has 6 heteroatoms. The summed E-state index contributed by atoms with van der Waals surface area (Å²) in [6.07, 6.45) is 4.57. The molecule has 6 nitrogen and oxygen atoms in total. The number of carbonyl (C=O) groups excluding carboxylic acids is 2. The first kappa shape index (κ1) is 20.5.